The molecule has 4 rings (SSSR count). The maximum absolute atomic E-state index is 14.1. The number of hydrogen-bond donors (Lipinski definition) is 1. The lowest BCUT2D eigenvalue weighted by atomic mass is 10.2. The van der Waals surface area contributed by atoms with Gasteiger partial charge in [-0.3, -0.25) is 4.68 Å². The molecule has 2 aromatic carbocycles. The summed E-state index contributed by atoms with van der Waals surface area (Å²) in [5, 5.41) is 18.4. The predicted molar refractivity (Wildman–Crippen MR) is 96.3 cm³/mol. The normalized spacial score (nSPS) is 12.0. The molecule has 10 heteroatoms. The number of nitrogens with zero attached hydrogens (tertiary/aromatic N) is 4. The standard InChI is InChI=1S/C17H14FN5O3S/c1-26-11-3-4-12-14(7-11)21-22-15-8-20-23(17(12)15)9-10-2-5-16(13(18)6-10)27(19,24)25/h2-8H,9H2,1H3,(H2,19,24,25). The average molecular weight is 387 g/mol. The number of benzene rings is 2. The average Bonchev–Trinajstić information content (AvgIpc) is 3.03. The van der Waals surface area contributed by atoms with E-state index < -0.39 is 20.7 Å². The summed E-state index contributed by atoms with van der Waals surface area (Å²) >= 11 is 0. The molecule has 27 heavy (non-hydrogen) atoms. The summed E-state index contributed by atoms with van der Waals surface area (Å²) < 4.78 is 43.7. The third-order valence-corrected chi connectivity index (χ3v) is 5.12. The van der Waals surface area contributed by atoms with E-state index in [2.05, 4.69) is 15.3 Å². The van der Waals surface area contributed by atoms with E-state index in [-0.39, 0.29) is 6.54 Å². The lowest BCUT2D eigenvalue weighted by Crippen LogP contribution is -2.14. The Balaban J connectivity index is 1.81. The molecule has 2 aromatic heterocycles. The molecule has 0 saturated heterocycles. The minimum atomic E-state index is -4.11. The molecule has 0 aliphatic rings. The number of primary sulfonamides is 1. The van der Waals surface area contributed by atoms with Crippen LogP contribution in [0.15, 0.2) is 47.5 Å². The first kappa shape index (κ1) is 17.3. The highest BCUT2D eigenvalue weighted by molar-refractivity contribution is 7.89. The van der Waals surface area contributed by atoms with Crippen molar-refractivity contribution in [2.75, 3.05) is 7.11 Å². The van der Waals surface area contributed by atoms with E-state index in [1.165, 1.54) is 6.07 Å². The first-order valence-electron chi connectivity index (χ1n) is 7.84. The van der Waals surface area contributed by atoms with Gasteiger partial charge in [0.1, 0.15) is 22.0 Å². The molecule has 0 aliphatic heterocycles. The van der Waals surface area contributed by atoms with Crippen LogP contribution in [0.3, 0.4) is 0 Å². The highest BCUT2D eigenvalue weighted by Gasteiger charge is 2.16. The van der Waals surface area contributed by atoms with Crippen LogP contribution >= 0.6 is 0 Å². The number of aromatic nitrogens is 4. The summed E-state index contributed by atoms with van der Waals surface area (Å²) in [7, 11) is -2.54. The molecule has 2 heterocycles. The molecule has 8 nitrogen and oxygen atoms in total. The van der Waals surface area contributed by atoms with E-state index >= 15 is 0 Å². The van der Waals surface area contributed by atoms with Crippen LogP contribution in [-0.2, 0) is 16.6 Å². The van der Waals surface area contributed by atoms with Crippen LogP contribution in [-0.4, -0.2) is 35.5 Å². The predicted octanol–water partition coefficient (Wildman–Crippen LogP) is 1.82. The van der Waals surface area contributed by atoms with Crippen molar-refractivity contribution in [3.05, 3.63) is 54.0 Å². The summed E-state index contributed by atoms with van der Waals surface area (Å²) in [5.74, 6) is -0.247. The zero-order valence-corrected chi connectivity index (χ0v) is 14.9. The zero-order valence-electron chi connectivity index (χ0n) is 14.1. The van der Waals surface area contributed by atoms with Gasteiger partial charge < -0.3 is 4.74 Å². The lowest BCUT2D eigenvalue weighted by Gasteiger charge is -2.08. The SMILES string of the molecule is COc1ccc2c(c1)nnc1cnn(Cc3ccc(S(N)(=O)=O)c(F)c3)c12. The molecule has 4 aromatic rings. The number of sulfonamides is 1. The summed E-state index contributed by atoms with van der Waals surface area (Å²) in [6.07, 6.45) is 1.57. The molecule has 0 spiro atoms. The summed E-state index contributed by atoms with van der Waals surface area (Å²) in [6.45, 7) is 0.220. The van der Waals surface area contributed by atoms with Crippen LogP contribution in [0.25, 0.3) is 21.9 Å². The zero-order chi connectivity index (χ0) is 19.2. The third kappa shape index (κ3) is 3.09. The molecule has 2 N–H and O–H groups in total. The Bertz CT molecular complexity index is 1290. The van der Waals surface area contributed by atoms with Crippen molar-refractivity contribution >= 4 is 32.0 Å². The van der Waals surface area contributed by atoms with Crippen LogP contribution in [0, 0.1) is 5.82 Å². The van der Waals surface area contributed by atoms with Crippen molar-refractivity contribution in [3.8, 4) is 5.75 Å². The Labute approximate surface area is 153 Å². The second kappa shape index (κ2) is 6.25. The van der Waals surface area contributed by atoms with Crippen LogP contribution in [0.2, 0.25) is 0 Å². The van der Waals surface area contributed by atoms with Gasteiger partial charge >= 0.3 is 0 Å². The summed E-state index contributed by atoms with van der Waals surface area (Å²) in [6, 6.07) is 9.20. The molecule has 0 atom stereocenters. The van der Waals surface area contributed by atoms with Gasteiger partial charge in [0.15, 0.2) is 0 Å². The Morgan fingerprint density at radius 1 is 1.15 bits per heavy atom. The fourth-order valence-electron chi connectivity index (χ4n) is 2.92. The van der Waals surface area contributed by atoms with Crippen molar-refractivity contribution < 1.29 is 17.5 Å². The Kier molecular flexibility index (Phi) is 4.01. The van der Waals surface area contributed by atoms with Crippen LogP contribution < -0.4 is 9.88 Å². The first-order valence-corrected chi connectivity index (χ1v) is 9.38. The van der Waals surface area contributed by atoms with E-state index in [9.17, 15) is 12.8 Å². The van der Waals surface area contributed by atoms with Gasteiger partial charge in [-0.25, -0.2) is 17.9 Å². The molecular formula is C17H14FN5O3S. The lowest BCUT2D eigenvalue weighted by molar-refractivity contribution is 0.415. The topological polar surface area (TPSA) is 113 Å². The number of rotatable bonds is 4. The molecule has 0 bridgehead atoms. The largest absolute Gasteiger partial charge is 0.497 e. The van der Waals surface area contributed by atoms with Gasteiger partial charge in [-0.2, -0.15) is 5.10 Å². The fourth-order valence-corrected chi connectivity index (χ4v) is 3.51. The number of methoxy groups -OCH3 is 1. The van der Waals surface area contributed by atoms with Gasteiger partial charge in [0.25, 0.3) is 0 Å². The highest BCUT2D eigenvalue weighted by atomic mass is 32.2. The van der Waals surface area contributed by atoms with Crippen molar-refractivity contribution in [1.82, 2.24) is 20.0 Å². The number of hydrogen-bond acceptors (Lipinski definition) is 6. The molecular weight excluding hydrogens is 373 g/mol. The number of halogens is 1. The van der Waals surface area contributed by atoms with Crippen LogP contribution in [0.4, 0.5) is 4.39 Å². The monoisotopic (exact) mass is 387 g/mol. The number of ether oxygens (including phenoxy) is 1. The van der Waals surface area contributed by atoms with Crippen molar-refractivity contribution in [2.45, 2.75) is 11.4 Å². The maximum Gasteiger partial charge on any atom is 0.240 e. The van der Waals surface area contributed by atoms with Gasteiger partial charge in [-0.15, -0.1) is 10.2 Å². The minimum absolute atomic E-state index is 0.220. The Hall–Kier alpha value is -3.11. The van der Waals surface area contributed by atoms with Crippen LogP contribution in [0.1, 0.15) is 5.56 Å². The van der Waals surface area contributed by atoms with Gasteiger partial charge in [0.2, 0.25) is 10.0 Å². The molecule has 138 valence electrons. The molecule has 0 unspecified atom stereocenters. The summed E-state index contributed by atoms with van der Waals surface area (Å²) in [5.41, 5.74) is 2.50. The smallest absolute Gasteiger partial charge is 0.240 e. The van der Waals surface area contributed by atoms with E-state index in [0.29, 0.717) is 22.3 Å². The number of fused-ring (bicyclic) bond motifs is 3. The molecule has 0 amide bonds. The fraction of sp³-hybridized carbons (Fsp3) is 0.118. The first-order chi connectivity index (χ1) is 12.9. The van der Waals surface area contributed by atoms with E-state index in [4.69, 9.17) is 9.88 Å². The summed E-state index contributed by atoms with van der Waals surface area (Å²) in [4.78, 5) is -0.542. The quantitative estimate of drug-likeness (QED) is 0.571. The molecule has 0 saturated carbocycles. The van der Waals surface area contributed by atoms with Crippen molar-refractivity contribution in [2.24, 2.45) is 5.14 Å². The van der Waals surface area contributed by atoms with Crippen LogP contribution in [0.5, 0.6) is 5.75 Å². The number of nitrogens with two attached hydrogens (primary N) is 1. The van der Waals surface area contributed by atoms with Gasteiger partial charge in [0, 0.05) is 11.5 Å². The molecule has 0 radical (unpaired) electrons. The van der Waals surface area contributed by atoms with E-state index in [1.54, 1.807) is 30.1 Å². The second-order valence-electron chi connectivity index (χ2n) is 5.93. The van der Waals surface area contributed by atoms with Crippen molar-refractivity contribution in [3.63, 3.8) is 0 Å². The minimum Gasteiger partial charge on any atom is -0.497 e. The molecule has 0 fully saturated rings. The van der Waals surface area contributed by atoms with Gasteiger partial charge in [0.05, 0.1) is 30.9 Å². The highest BCUT2D eigenvalue weighted by Crippen LogP contribution is 2.26. The second-order valence-corrected chi connectivity index (χ2v) is 7.46. The van der Waals surface area contributed by atoms with Crippen molar-refractivity contribution in [1.29, 1.82) is 0 Å². The van der Waals surface area contributed by atoms with Gasteiger partial charge in [-0.1, -0.05) is 6.07 Å². The third-order valence-electron chi connectivity index (χ3n) is 4.18. The molecule has 0 aliphatic carbocycles. The van der Waals surface area contributed by atoms with Gasteiger partial charge in [-0.05, 0) is 29.8 Å². The maximum atomic E-state index is 14.1. The Morgan fingerprint density at radius 2 is 1.93 bits per heavy atom. The Morgan fingerprint density at radius 3 is 2.63 bits per heavy atom. The van der Waals surface area contributed by atoms with E-state index in [1.807, 2.05) is 6.07 Å². The van der Waals surface area contributed by atoms with E-state index in [0.717, 1.165) is 23.0 Å².